The van der Waals surface area contributed by atoms with Crippen LogP contribution in [-0.2, 0) is 22.2 Å². The maximum atomic E-state index is 12.8. The van der Waals surface area contributed by atoms with Crippen molar-refractivity contribution >= 4 is 11.8 Å². The largest absolute Gasteiger partial charge is 0.481 e. The highest BCUT2D eigenvalue weighted by molar-refractivity contribution is 5.85. The second-order valence-corrected chi connectivity index (χ2v) is 5.63. The number of halogens is 4. The zero-order valence-corrected chi connectivity index (χ0v) is 14.1. The van der Waals surface area contributed by atoms with E-state index in [9.17, 15) is 27.2 Å². The molecular formula is C18H16F4N2O3. The van der Waals surface area contributed by atoms with Crippen LogP contribution in [0, 0.1) is 5.82 Å². The van der Waals surface area contributed by atoms with Crippen molar-refractivity contribution in [3.8, 4) is 5.75 Å². The Morgan fingerprint density at radius 1 is 1.07 bits per heavy atom. The fraction of sp³-hybridized carbons (Fsp3) is 0.222. The predicted octanol–water partition coefficient (Wildman–Crippen LogP) is 3.00. The van der Waals surface area contributed by atoms with Crippen LogP contribution in [0.3, 0.4) is 0 Å². The second kappa shape index (κ2) is 8.52. The molecule has 0 aliphatic carbocycles. The summed E-state index contributed by atoms with van der Waals surface area (Å²) in [7, 11) is 0. The van der Waals surface area contributed by atoms with E-state index in [0.29, 0.717) is 0 Å². The van der Waals surface area contributed by atoms with Crippen molar-refractivity contribution in [1.82, 2.24) is 10.9 Å². The number of carbonyl (C=O) groups excluding carboxylic acids is 2. The van der Waals surface area contributed by atoms with Crippen LogP contribution in [-0.4, -0.2) is 17.9 Å². The van der Waals surface area contributed by atoms with Gasteiger partial charge in [0.2, 0.25) is 5.91 Å². The van der Waals surface area contributed by atoms with E-state index >= 15 is 0 Å². The quantitative estimate of drug-likeness (QED) is 0.615. The number of hydrogen-bond acceptors (Lipinski definition) is 3. The first-order chi connectivity index (χ1) is 12.6. The molecule has 2 aromatic rings. The van der Waals surface area contributed by atoms with Crippen molar-refractivity contribution in [3.63, 3.8) is 0 Å². The maximum Gasteiger partial charge on any atom is 0.416 e. The van der Waals surface area contributed by atoms with Crippen LogP contribution in [0.1, 0.15) is 18.1 Å². The van der Waals surface area contributed by atoms with Gasteiger partial charge < -0.3 is 4.74 Å². The van der Waals surface area contributed by atoms with Crippen molar-refractivity contribution in [2.75, 3.05) is 0 Å². The molecule has 0 saturated carbocycles. The molecule has 2 N–H and O–H groups in total. The van der Waals surface area contributed by atoms with Gasteiger partial charge >= 0.3 is 6.18 Å². The highest BCUT2D eigenvalue weighted by Gasteiger charge is 2.30. The van der Waals surface area contributed by atoms with Crippen LogP contribution in [0.4, 0.5) is 17.6 Å². The van der Waals surface area contributed by atoms with E-state index in [1.54, 1.807) is 0 Å². The number of hydrogen-bond donors (Lipinski definition) is 2. The summed E-state index contributed by atoms with van der Waals surface area (Å²) in [6, 6.07) is 9.34. The average molecular weight is 384 g/mol. The zero-order chi connectivity index (χ0) is 20.0. The summed E-state index contributed by atoms with van der Waals surface area (Å²) in [5, 5.41) is 0. The summed E-state index contributed by atoms with van der Waals surface area (Å²) in [6.45, 7) is 1.41. The highest BCUT2D eigenvalue weighted by Crippen LogP contribution is 2.29. The minimum absolute atomic E-state index is 0.146. The molecule has 0 bridgehead atoms. The minimum Gasteiger partial charge on any atom is -0.481 e. The zero-order valence-electron chi connectivity index (χ0n) is 14.1. The van der Waals surface area contributed by atoms with Gasteiger partial charge in [-0.2, -0.15) is 13.2 Å². The Morgan fingerprint density at radius 2 is 1.74 bits per heavy atom. The highest BCUT2D eigenvalue weighted by atomic mass is 19.4. The lowest BCUT2D eigenvalue weighted by atomic mass is 10.1. The van der Waals surface area contributed by atoms with Gasteiger partial charge in [0.15, 0.2) is 6.10 Å². The smallest absolute Gasteiger partial charge is 0.416 e. The second-order valence-electron chi connectivity index (χ2n) is 5.63. The van der Waals surface area contributed by atoms with E-state index in [1.807, 2.05) is 0 Å². The lowest BCUT2D eigenvalue weighted by Crippen LogP contribution is -2.47. The van der Waals surface area contributed by atoms with Crippen molar-refractivity contribution in [1.29, 1.82) is 0 Å². The van der Waals surface area contributed by atoms with Gasteiger partial charge in [0.05, 0.1) is 12.0 Å². The predicted molar refractivity (Wildman–Crippen MR) is 87.9 cm³/mol. The Morgan fingerprint density at radius 3 is 2.37 bits per heavy atom. The van der Waals surface area contributed by atoms with Gasteiger partial charge in [0.1, 0.15) is 11.6 Å². The standard InChI is InChI=1S/C18H16F4N2O3/c1-11(27-15-7-5-14(19)6-8-15)17(26)24-23-16(25)10-12-3-2-4-13(9-12)18(20,21)22/h2-9,11H,10H2,1H3,(H,23,25)(H,24,26)/t11-/m1/s1. The fourth-order valence-electron chi connectivity index (χ4n) is 2.09. The number of nitrogens with one attached hydrogen (secondary N) is 2. The van der Waals surface area contributed by atoms with E-state index in [-0.39, 0.29) is 17.7 Å². The fourth-order valence-corrected chi connectivity index (χ4v) is 2.09. The van der Waals surface area contributed by atoms with Crippen LogP contribution in [0.15, 0.2) is 48.5 Å². The average Bonchev–Trinajstić information content (AvgIpc) is 2.61. The summed E-state index contributed by atoms with van der Waals surface area (Å²) in [5.41, 5.74) is 3.51. The molecule has 2 amide bonds. The number of ether oxygens (including phenoxy) is 1. The molecule has 0 aliphatic rings. The lowest BCUT2D eigenvalue weighted by Gasteiger charge is -2.15. The Balaban J connectivity index is 1.84. The first kappa shape index (κ1) is 20.2. The van der Waals surface area contributed by atoms with Crippen molar-refractivity contribution < 1.29 is 31.9 Å². The molecule has 9 heteroatoms. The van der Waals surface area contributed by atoms with Crippen LogP contribution in [0.2, 0.25) is 0 Å². The van der Waals surface area contributed by atoms with Gasteiger partial charge in [0.25, 0.3) is 5.91 Å². The molecule has 1 atom stereocenters. The molecule has 2 rings (SSSR count). The van der Waals surface area contributed by atoms with Gasteiger partial charge in [-0.3, -0.25) is 20.4 Å². The van der Waals surface area contributed by atoms with Crippen LogP contribution >= 0.6 is 0 Å². The summed E-state index contributed by atoms with van der Waals surface area (Å²) in [4.78, 5) is 23.7. The van der Waals surface area contributed by atoms with Crippen molar-refractivity contribution in [3.05, 3.63) is 65.5 Å². The summed E-state index contributed by atoms with van der Waals surface area (Å²) >= 11 is 0. The van der Waals surface area contributed by atoms with Crippen LogP contribution in [0.25, 0.3) is 0 Å². The van der Waals surface area contributed by atoms with Gasteiger partial charge in [-0.15, -0.1) is 0 Å². The third-order valence-corrected chi connectivity index (χ3v) is 3.44. The Labute approximate surface area is 152 Å². The molecule has 0 aromatic heterocycles. The molecule has 0 saturated heterocycles. The molecular weight excluding hydrogens is 368 g/mol. The third kappa shape index (κ3) is 6.28. The Hall–Kier alpha value is -3.10. The molecule has 144 valence electrons. The topological polar surface area (TPSA) is 67.4 Å². The molecule has 5 nitrogen and oxygen atoms in total. The molecule has 0 heterocycles. The lowest BCUT2D eigenvalue weighted by molar-refractivity contribution is -0.137. The third-order valence-electron chi connectivity index (χ3n) is 3.44. The monoisotopic (exact) mass is 384 g/mol. The van der Waals surface area contributed by atoms with E-state index in [0.717, 1.165) is 24.3 Å². The van der Waals surface area contributed by atoms with Gasteiger partial charge in [-0.1, -0.05) is 18.2 Å². The molecule has 0 aliphatic heterocycles. The number of rotatable bonds is 5. The van der Waals surface area contributed by atoms with Crippen LogP contribution in [0.5, 0.6) is 5.75 Å². The number of carbonyl (C=O) groups is 2. The first-order valence-corrected chi connectivity index (χ1v) is 7.82. The van der Waals surface area contributed by atoms with E-state index in [2.05, 4.69) is 10.9 Å². The molecule has 2 aromatic carbocycles. The maximum absolute atomic E-state index is 12.8. The number of hydrazine groups is 1. The molecule has 0 radical (unpaired) electrons. The number of amides is 2. The van der Waals surface area contributed by atoms with Gasteiger partial charge in [-0.25, -0.2) is 4.39 Å². The summed E-state index contributed by atoms with van der Waals surface area (Å²) < 4.78 is 56.1. The van der Waals surface area contributed by atoms with Crippen molar-refractivity contribution in [2.45, 2.75) is 25.6 Å². The van der Waals surface area contributed by atoms with E-state index in [4.69, 9.17) is 4.74 Å². The van der Waals surface area contributed by atoms with Crippen LogP contribution < -0.4 is 15.6 Å². The molecule has 27 heavy (non-hydrogen) atoms. The Kier molecular flexibility index (Phi) is 6.38. The molecule has 0 fully saturated rings. The number of alkyl halides is 3. The number of benzene rings is 2. The summed E-state index contributed by atoms with van der Waals surface area (Å²) in [6.07, 6.45) is -5.85. The molecule has 0 spiro atoms. The van der Waals surface area contributed by atoms with Crippen molar-refractivity contribution in [2.24, 2.45) is 0 Å². The first-order valence-electron chi connectivity index (χ1n) is 7.82. The Bertz CT molecular complexity index is 807. The van der Waals surface area contributed by atoms with E-state index < -0.39 is 35.5 Å². The minimum atomic E-state index is -4.51. The van der Waals surface area contributed by atoms with Gasteiger partial charge in [0, 0.05) is 0 Å². The van der Waals surface area contributed by atoms with Gasteiger partial charge in [-0.05, 0) is 42.8 Å². The normalized spacial score (nSPS) is 12.2. The van der Waals surface area contributed by atoms with E-state index in [1.165, 1.54) is 31.2 Å². The molecule has 0 unspecified atom stereocenters. The SMILES string of the molecule is C[C@@H](Oc1ccc(F)cc1)C(=O)NNC(=O)Cc1cccc(C(F)(F)F)c1. The summed E-state index contributed by atoms with van der Waals surface area (Å²) in [5.74, 6) is -1.58.